The van der Waals surface area contributed by atoms with Gasteiger partial charge in [-0.2, -0.15) is 0 Å². The minimum absolute atomic E-state index is 1.09. The molecule has 0 atom stereocenters. The highest BCUT2D eigenvalue weighted by Crippen LogP contribution is 2.34. The third-order valence-electron chi connectivity index (χ3n) is 3.59. The van der Waals surface area contributed by atoms with E-state index < -0.39 is 0 Å². The van der Waals surface area contributed by atoms with Crippen molar-refractivity contribution in [1.82, 2.24) is 4.57 Å². The summed E-state index contributed by atoms with van der Waals surface area (Å²) in [5, 5.41) is 2.46. The lowest BCUT2D eigenvalue weighted by Crippen LogP contribution is -1.92. The lowest BCUT2D eigenvalue weighted by molar-refractivity contribution is 1.18. The van der Waals surface area contributed by atoms with Crippen molar-refractivity contribution in [3.05, 3.63) is 75.7 Å². The molecular weight excluding hydrogens is 390 g/mol. The summed E-state index contributed by atoms with van der Waals surface area (Å²) >= 11 is 7.14. The minimum atomic E-state index is 1.09. The van der Waals surface area contributed by atoms with Gasteiger partial charge in [0, 0.05) is 25.8 Å². The molecule has 21 heavy (non-hydrogen) atoms. The zero-order chi connectivity index (χ0) is 14.4. The Morgan fingerprint density at radius 2 is 1.38 bits per heavy atom. The number of hydrogen-bond acceptors (Lipinski definition) is 0. The molecule has 0 N–H and O–H groups in total. The van der Waals surface area contributed by atoms with E-state index >= 15 is 0 Å². The van der Waals surface area contributed by atoms with E-state index in [-0.39, 0.29) is 0 Å². The number of benzene rings is 2. The van der Waals surface area contributed by atoms with E-state index in [0.29, 0.717) is 0 Å². The molecule has 0 unspecified atom stereocenters. The summed E-state index contributed by atoms with van der Waals surface area (Å²) in [6.07, 6.45) is 0. The van der Waals surface area contributed by atoms with Gasteiger partial charge in [0.1, 0.15) is 0 Å². The van der Waals surface area contributed by atoms with Gasteiger partial charge in [-0.05, 0) is 48.5 Å². The van der Waals surface area contributed by atoms with Crippen molar-refractivity contribution in [2.75, 3.05) is 0 Å². The van der Waals surface area contributed by atoms with Crippen molar-refractivity contribution in [2.24, 2.45) is 0 Å². The third-order valence-corrected chi connectivity index (χ3v) is 4.57. The smallest absolute Gasteiger partial charge is 0.0552 e. The van der Waals surface area contributed by atoms with Crippen LogP contribution in [-0.2, 0) is 0 Å². The van der Waals surface area contributed by atoms with Gasteiger partial charge in [-0.3, -0.25) is 0 Å². The van der Waals surface area contributed by atoms with Gasteiger partial charge in [0.2, 0.25) is 0 Å². The molecule has 0 radical (unpaired) electrons. The maximum Gasteiger partial charge on any atom is 0.0552 e. The van der Waals surface area contributed by atoms with Crippen LogP contribution in [0.25, 0.3) is 27.5 Å². The summed E-state index contributed by atoms with van der Waals surface area (Å²) in [5.41, 5.74) is 3.47. The van der Waals surface area contributed by atoms with E-state index in [4.69, 9.17) is 0 Å². The fourth-order valence-electron chi connectivity index (χ4n) is 2.72. The second-order valence-corrected chi connectivity index (χ2v) is 6.68. The summed E-state index contributed by atoms with van der Waals surface area (Å²) in [6, 6.07) is 24.7. The van der Waals surface area contributed by atoms with Crippen molar-refractivity contribution in [1.29, 1.82) is 0 Å². The fraction of sp³-hybridized carbons (Fsp3) is 0. The Balaban J connectivity index is 2.22. The van der Waals surface area contributed by atoms with Gasteiger partial charge in [-0.15, -0.1) is 0 Å². The van der Waals surface area contributed by atoms with E-state index in [2.05, 4.69) is 91.0 Å². The molecule has 0 aliphatic rings. The minimum Gasteiger partial charge on any atom is -0.309 e. The Kier molecular flexibility index (Phi) is 3.02. The van der Waals surface area contributed by atoms with Crippen LogP contribution in [0.4, 0.5) is 0 Å². The molecule has 3 aromatic carbocycles. The highest BCUT2D eigenvalue weighted by atomic mass is 79.9. The molecule has 1 aromatic heterocycles. The summed E-state index contributed by atoms with van der Waals surface area (Å²) < 4.78 is 4.43. The van der Waals surface area contributed by atoms with Crippen molar-refractivity contribution < 1.29 is 0 Å². The molecule has 0 fully saturated rings. The summed E-state index contributed by atoms with van der Waals surface area (Å²) in [6.45, 7) is 0. The second-order valence-electron chi connectivity index (χ2n) is 4.85. The van der Waals surface area contributed by atoms with Crippen LogP contribution in [-0.4, -0.2) is 4.57 Å². The quantitative estimate of drug-likeness (QED) is 0.375. The van der Waals surface area contributed by atoms with E-state index in [1.54, 1.807) is 0 Å². The second kappa shape index (κ2) is 4.91. The van der Waals surface area contributed by atoms with Crippen molar-refractivity contribution in [2.45, 2.75) is 0 Å². The summed E-state index contributed by atoms with van der Waals surface area (Å²) in [5.74, 6) is 0. The molecule has 3 heteroatoms. The fourth-order valence-corrected chi connectivity index (χ4v) is 3.45. The van der Waals surface area contributed by atoms with E-state index in [1.165, 1.54) is 21.8 Å². The molecule has 0 aliphatic heterocycles. The zero-order valence-electron chi connectivity index (χ0n) is 10.9. The normalized spacial score (nSPS) is 11.0. The van der Waals surface area contributed by atoms with Crippen LogP contribution in [0.1, 0.15) is 0 Å². The first-order valence-electron chi connectivity index (χ1n) is 6.51. The Bertz CT molecular complexity index is 896. The van der Waals surface area contributed by atoms with Crippen molar-refractivity contribution in [3.63, 3.8) is 0 Å². The topological polar surface area (TPSA) is 4.93 Å². The molecule has 0 spiro atoms. The first-order valence-corrected chi connectivity index (χ1v) is 8.10. The number of rotatable bonds is 1. The van der Waals surface area contributed by atoms with Gasteiger partial charge in [-0.1, -0.05) is 44.0 Å². The van der Waals surface area contributed by atoms with Crippen LogP contribution in [0.2, 0.25) is 0 Å². The first-order chi connectivity index (χ1) is 10.2. The Labute approximate surface area is 139 Å². The molecular formula is C18H9Br2N. The molecule has 0 saturated carbocycles. The number of nitrogens with zero attached hydrogens (tertiary/aromatic N) is 1. The average Bonchev–Trinajstić information content (AvgIpc) is 2.81. The van der Waals surface area contributed by atoms with Crippen LogP contribution in [0.3, 0.4) is 0 Å². The first kappa shape index (κ1) is 12.9. The number of halogens is 2. The molecule has 4 rings (SSSR count). The van der Waals surface area contributed by atoms with E-state index in [0.717, 1.165) is 14.6 Å². The zero-order valence-corrected chi connectivity index (χ0v) is 14.1. The van der Waals surface area contributed by atoms with Gasteiger partial charge in [0.25, 0.3) is 0 Å². The van der Waals surface area contributed by atoms with E-state index in [9.17, 15) is 0 Å². The Morgan fingerprint density at radius 1 is 0.762 bits per heavy atom. The molecule has 1 nitrogen and oxygen atoms in total. The van der Waals surface area contributed by atoms with Crippen molar-refractivity contribution >= 4 is 53.7 Å². The van der Waals surface area contributed by atoms with Gasteiger partial charge in [-0.25, -0.2) is 0 Å². The molecule has 0 aliphatic carbocycles. The van der Waals surface area contributed by atoms with Gasteiger partial charge in [0.05, 0.1) is 16.7 Å². The SMILES string of the molecule is Brc1ccc2c(c1)c1cc(Br)ccc1n2-c1cc#ccc1. The summed E-state index contributed by atoms with van der Waals surface area (Å²) in [4.78, 5) is 0. The number of hydrogen-bond donors (Lipinski definition) is 0. The Morgan fingerprint density at radius 3 is 1.90 bits per heavy atom. The lowest BCUT2D eigenvalue weighted by Gasteiger charge is -2.06. The molecule has 0 amide bonds. The lowest BCUT2D eigenvalue weighted by atomic mass is 10.2. The number of aromatic nitrogens is 1. The molecule has 100 valence electrons. The van der Waals surface area contributed by atoms with Crippen LogP contribution in [0, 0.1) is 12.1 Å². The van der Waals surface area contributed by atoms with E-state index in [1.807, 2.05) is 12.1 Å². The number of fused-ring (bicyclic) bond motifs is 3. The molecule has 4 aromatic rings. The van der Waals surface area contributed by atoms with Crippen LogP contribution < -0.4 is 0 Å². The molecule has 1 heterocycles. The Hall–Kier alpha value is -1.76. The average molecular weight is 399 g/mol. The van der Waals surface area contributed by atoms with Crippen LogP contribution in [0.5, 0.6) is 0 Å². The predicted molar refractivity (Wildman–Crippen MR) is 93.9 cm³/mol. The van der Waals surface area contributed by atoms with Gasteiger partial charge < -0.3 is 4.57 Å². The maximum atomic E-state index is 3.57. The third kappa shape index (κ3) is 2.07. The largest absolute Gasteiger partial charge is 0.309 e. The van der Waals surface area contributed by atoms with Crippen molar-refractivity contribution in [3.8, 4) is 5.69 Å². The monoisotopic (exact) mass is 397 g/mol. The highest BCUT2D eigenvalue weighted by Gasteiger charge is 2.12. The summed E-state index contributed by atoms with van der Waals surface area (Å²) in [7, 11) is 0. The highest BCUT2D eigenvalue weighted by molar-refractivity contribution is 9.10. The predicted octanol–water partition coefficient (Wildman–Crippen LogP) is 5.91. The van der Waals surface area contributed by atoms with Gasteiger partial charge in [0.15, 0.2) is 0 Å². The molecule has 0 bridgehead atoms. The van der Waals surface area contributed by atoms with Crippen LogP contribution in [0.15, 0.2) is 63.5 Å². The maximum absolute atomic E-state index is 3.57. The molecule has 0 saturated heterocycles. The van der Waals surface area contributed by atoms with Crippen LogP contribution >= 0.6 is 31.9 Å². The van der Waals surface area contributed by atoms with Gasteiger partial charge >= 0.3 is 0 Å². The standard InChI is InChI=1S/C18H9Br2N/c19-12-6-8-17-15(10-12)16-11-13(20)7-9-18(16)21(17)14-4-2-1-3-5-14/h2,4-11H.